The summed E-state index contributed by atoms with van der Waals surface area (Å²) in [4.78, 5) is 3.75. The molecule has 0 spiro atoms. The van der Waals surface area contributed by atoms with Gasteiger partial charge in [-0.1, -0.05) is 0 Å². The van der Waals surface area contributed by atoms with Gasteiger partial charge in [-0.2, -0.15) is 0 Å². The van der Waals surface area contributed by atoms with Crippen molar-refractivity contribution in [2.24, 2.45) is 0 Å². The molecule has 0 atom stereocenters. The van der Waals surface area contributed by atoms with Crippen molar-refractivity contribution in [3.63, 3.8) is 0 Å². The lowest BCUT2D eigenvalue weighted by Gasteiger charge is -2.08. The molecule has 1 rings (SSSR count). The van der Waals surface area contributed by atoms with Crippen molar-refractivity contribution in [3.8, 4) is 5.88 Å². The van der Waals surface area contributed by atoms with Crippen LogP contribution >= 0.6 is 15.9 Å². The van der Waals surface area contributed by atoms with Crippen LogP contribution in [0.25, 0.3) is 0 Å². The van der Waals surface area contributed by atoms with E-state index < -0.39 is 0 Å². The minimum Gasteiger partial charge on any atom is -0.475 e. The minimum absolute atomic E-state index is 0.0508. The second-order valence-electron chi connectivity index (χ2n) is 2.60. The van der Waals surface area contributed by atoms with E-state index in [1.807, 2.05) is 13.8 Å². The number of nitrogens with zero attached hydrogens (tertiary/aromatic N) is 1. The van der Waals surface area contributed by atoms with E-state index in [4.69, 9.17) is 4.74 Å². The summed E-state index contributed by atoms with van der Waals surface area (Å²) >= 11 is 3.04. The number of ether oxygens (including phenoxy) is 1. The second-order valence-corrected chi connectivity index (χ2v) is 3.46. The molecule has 0 unspecified atom stereocenters. The van der Waals surface area contributed by atoms with Gasteiger partial charge in [-0.3, -0.25) is 0 Å². The van der Waals surface area contributed by atoms with Crippen LogP contribution in [0.3, 0.4) is 0 Å². The van der Waals surface area contributed by atoms with E-state index in [0.717, 1.165) is 6.20 Å². The summed E-state index contributed by atoms with van der Waals surface area (Å²) in [6.45, 7) is 3.78. The predicted octanol–water partition coefficient (Wildman–Crippen LogP) is 2.77. The maximum atomic E-state index is 12.7. The van der Waals surface area contributed by atoms with Crippen LogP contribution in [0.4, 0.5) is 4.39 Å². The number of rotatable bonds is 2. The van der Waals surface area contributed by atoms with Gasteiger partial charge in [0.25, 0.3) is 0 Å². The van der Waals surface area contributed by atoms with Crippen molar-refractivity contribution in [1.29, 1.82) is 0 Å². The Kier molecular flexibility index (Phi) is 3.03. The van der Waals surface area contributed by atoms with Gasteiger partial charge in [-0.15, -0.1) is 0 Å². The van der Waals surface area contributed by atoms with Gasteiger partial charge in [-0.25, -0.2) is 9.37 Å². The Hall–Kier alpha value is -0.640. The summed E-state index contributed by atoms with van der Waals surface area (Å²) in [6.07, 6.45) is 1.18. The molecule has 0 aromatic carbocycles. The lowest BCUT2D eigenvalue weighted by Crippen LogP contribution is -2.06. The van der Waals surface area contributed by atoms with Crippen molar-refractivity contribution in [2.45, 2.75) is 20.0 Å². The first-order chi connectivity index (χ1) is 5.59. The van der Waals surface area contributed by atoms with E-state index in [2.05, 4.69) is 20.9 Å². The van der Waals surface area contributed by atoms with Crippen molar-refractivity contribution in [1.82, 2.24) is 4.98 Å². The van der Waals surface area contributed by atoms with Gasteiger partial charge in [0, 0.05) is 6.07 Å². The van der Waals surface area contributed by atoms with Gasteiger partial charge in [-0.05, 0) is 29.8 Å². The molecule has 1 aromatic heterocycles. The normalized spacial score (nSPS) is 10.4. The highest BCUT2D eigenvalue weighted by molar-refractivity contribution is 9.10. The van der Waals surface area contributed by atoms with Crippen molar-refractivity contribution in [2.75, 3.05) is 0 Å². The number of hydrogen-bond donors (Lipinski definition) is 0. The highest BCUT2D eigenvalue weighted by atomic mass is 79.9. The molecule has 0 saturated heterocycles. The summed E-state index contributed by atoms with van der Waals surface area (Å²) in [7, 11) is 0. The lowest BCUT2D eigenvalue weighted by molar-refractivity contribution is 0.232. The Bertz CT molecular complexity index is 278. The molecule has 0 aliphatic carbocycles. The molecule has 0 fully saturated rings. The molecule has 0 aliphatic heterocycles. The van der Waals surface area contributed by atoms with Crippen molar-refractivity contribution in [3.05, 3.63) is 22.6 Å². The van der Waals surface area contributed by atoms with Gasteiger partial charge in [0.2, 0.25) is 5.88 Å². The first kappa shape index (κ1) is 9.45. The molecule has 2 nitrogen and oxygen atoms in total. The Morgan fingerprint density at radius 3 is 2.75 bits per heavy atom. The Morgan fingerprint density at radius 2 is 2.25 bits per heavy atom. The SMILES string of the molecule is CC(C)Oc1cc(Br)c(F)cn1. The van der Waals surface area contributed by atoms with Gasteiger partial charge < -0.3 is 4.74 Å². The molecule has 12 heavy (non-hydrogen) atoms. The molecule has 0 amide bonds. The summed E-state index contributed by atoms with van der Waals surface area (Å²) in [5.74, 6) is 0.0457. The van der Waals surface area contributed by atoms with Gasteiger partial charge >= 0.3 is 0 Å². The van der Waals surface area contributed by atoms with Gasteiger partial charge in [0.05, 0.1) is 16.8 Å². The molecule has 4 heteroatoms. The fourth-order valence-electron chi connectivity index (χ4n) is 0.703. The molecular weight excluding hydrogens is 225 g/mol. The van der Waals surface area contributed by atoms with Crippen LogP contribution in [0.15, 0.2) is 16.7 Å². The van der Waals surface area contributed by atoms with Crippen LogP contribution in [0.2, 0.25) is 0 Å². The molecule has 0 bridgehead atoms. The van der Waals surface area contributed by atoms with Crippen molar-refractivity contribution < 1.29 is 9.13 Å². The van der Waals surface area contributed by atoms with Gasteiger partial charge in [0.1, 0.15) is 0 Å². The largest absolute Gasteiger partial charge is 0.475 e. The Labute approximate surface area is 78.9 Å². The van der Waals surface area contributed by atoms with Gasteiger partial charge in [0.15, 0.2) is 5.82 Å². The molecule has 1 heterocycles. The van der Waals surface area contributed by atoms with E-state index in [-0.39, 0.29) is 11.9 Å². The third-order valence-electron chi connectivity index (χ3n) is 1.14. The van der Waals surface area contributed by atoms with E-state index in [0.29, 0.717) is 10.4 Å². The average molecular weight is 234 g/mol. The fraction of sp³-hybridized carbons (Fsp3) is 0.375. The summed E-state index contributed by atoms with van der Waals surface area (Å²) in [5.41, 5.74) is 0. The first-order valence-electron chi connectivity index (χ1n) is 3.57. The van der Waals surface area contributed by atoms with Crippen LogP contribution in [-0.4, -0.2) is 11.1 Å². The third-order valence-corrected chi connectivity index (χ3v) is 1.75. The van der Waals surface area contributed by atoms with E-state index in [1.54, 1.807) is 0 Å². The molecule has 0 aliphatic rings. The Balaban J connectivity index is 2.82. The number of halogens is 2. The lowest BCUT2D eigenvalue weighted by atomic mass is 10.4. The zero-order valence-corrected chi connectivity index (χ0v) is 8.43. The highest BCUT2D eigenvalue weighted by Gasteiger charge is 2.03. The first-order valence-corrected chi connectivity index (χ1v) is 4.36. The summed E-state index contributed by atoms with van der Waals surface area (Å²) < 4.78 is 18.3. The Morgan fingerprint density at radius 1 is 1.58 bits per heavy atom. The maximum Gasteiger partial charge on any atom is 0.214 e. The third kappa shape index (κ3) is 2.44. The topological polar surface area (TPSA) is 22.1 Å². The molecular formula is C8H9BrFNO. The molecule has 0 N–H and O–H groups in total. The van der Waals surface area contributed by atoms with E-state index in [1.165, 1.54) is 6.07 Å². The number of aromatic nitrogens is 1. The quantitative estimate of drug-likeness (QED) is 0.784. The van der Waals surface area contributed by atoms with Crippen molar-refractivity contribution >= 4 is 15.9 Å². The zero-order chi connectivity index (χ0) is 9.14. The monoisotopic (exact) mass is 233 g/mol. The standard InChI is InChI=1S/C8H9BrFNO/c1-5(2)12-8-3-6(9)7(10)4-11-8/h3-5H,1-2H3. The minimum atomic E-state index is -0.383. The second kappa shape index (κ2) is 3.85. The predicted molar refractivity (Wildman–Crippen MR) is 47.7 cm³/mol. The number of hydrogen-bond acceptors (Lipinski definition) is 2. The average Bonchev–Trinajstić information content (AvgIpc) is 1.96. The van der Waals surface area contributed by atoms with E-state index in [9.17, 15) is 4.39 Å². The summed E-state index contributed by atoms with van der Waals surface area (Å²) in [5, 5.41) is 0. The van der Waals surface area contributed by atoms with Crippen LogP contribution < -0.4 is 4.74 Å². The summed E-state index contributed by atoms with van der Waals surface area (Å²) in [6, 6.07) is 1.51. The molecule has 0 saturated carbocycles. The smallest absolute Gasteiger partial charge is 0.214 e. The number of pyridine rings is 1. The zero-order valence-electron chi connectivity index (χ0n) is 6.84. The fourth-order valence-corrected chi connectivity index (χ4v) is 1.00. The maximum absolute atomic E-state index is 12.7. The van der Waals surface area contributed by atoms with Crippen LogP contribution in [0.1, 0.15) is 13.8 Å². The molecule has 0 radical (unpaired) electrons. The van der Waals surface area contributed by atoms with Crippen LogP contribution in [-0.2, 0) is 0 Å². The van der Waals surface area contributed by atoms with E-state index >= 15 is 0 Å². The molecule has 1 aromatic rings. The molecule has 66 valence electrons. The van der Waals surface area contributed by atoms with Crippen LogP contribution in [0, 0.1) is 5.82 Å². The highest BCUT2D eigenvalue weighted by Crippen LogP contribution is 2.19. The van der Waals surface area contributed by atoms with Crippen LogP contribution in [0.5, 0.6) is 5.88 Å².